The first kappa shape index (κ1) is 20.3. The van der Waals surface area contributed by atoms with E-state index >= 15 is 0 Å². The lowest BCUT2D eigenvalue weighted by Gasteiger charge is -2.14. The molecule has 0 unspecified atom stereocenters. The van der Waals surface area contributed by atoms with Gasteiger partial charge in [-0.1, -0.05) is 19.8 Å². The van der Waals surface area contributed by atoms with Gasteiger partial charge >= 0.3 is 11.9 Å². The summed E-state index contributed by atoms with van der Waals surface area (Å²) in [6.07, 6.45) is 2.83. The maximum Gasteiger partial charge on any atom is 0.338 e. The number of carbonyl (C=O) groups excluding carboxylic acids is 4. The third-order valence-corrected chi connectivity index (χ3v) is 4.65. The Morgan fingerprint density at radius 3 is 2.17 bits per heavy atom. The summed E-state index contributed by atoms with van der Waals surface area (Å²) in [5.74, 6) is -2.06. The molecule has 1 aliphatic heterocycles. The van der Waals surface area contributed by atoms with E-state index in [0.717, 1.165) is 24.2 Å². The van der Waals surface area contributed by atoms with Gasteiger partial charge in [0.05, 0.1) is 41.7 Å². The molecule has 3 rings (SSSR count). The number of amides is 2. The molecule has 0 aliphatic carbocycles. The summed E-state index contributed by atoms with van der Waals surface area (Å²) < 4.78 is 9.86. The van der Waals surface area contributed by atoms with Crippen molar-refractivity contribution in [1.29, 1.82) is 0 Å². The van der Waals surface area contributed by atoms with Crippen LogP contribution < -0.4 is 4.90 Å². The average Bonchev–Trinajstić information content (AvgIpc) is 3.00. The van der Waals surface area contributed by atoms with Gasteiger partial charge in [-0.15, -0.1) is 0 Å². The van der Waals surface area contributed by atoms with Crippen molar-refractivity contribution in [1.82, 2.24) is 0 Å². The van der Waals surface area contributed by atoms with Crippen LogP contribution in [-0.2, 0) is 9.47 Å². The van der Waals surface area contributed by atoms with Crippen molar-refractivity contribution in [2.24, 2.45) is 0 Å². The Morgan fingerprint density at radius 1 is 0.862 bits per heavy atom. The summed E-state index contributed by atoms with van der Waals surface area (Å²) in [7, 11) is 1.24. The third-order valence-electron chi connectivity index (χ3n) is 4.65. The van der Waals surface area contributed by atoms with E-state index in [2.05, 4.69) is 11.7 Å². The molecule has 0 atom stereocenters. The smallest absolute Gasteiger partial charge is 0.338 e. The second-order valence-electron chi connectivity index (χ2n) is 6.59. The molecule has 0 spiro atoms. The third kappa shape index (κ3) is 4.03. The van der Waals surface area contributed by atoms with E-state index in [1.165, 1.54) is 49.6 Å². The average molecular weight is 395 g/mol. The molecule has 29 heavy (non-hydrogen) atoms. The maximum absolute atomic E-state index is 12.8. The Bertz CT molecular complexity index is 964. The molecule has 7 nitrogen and oxygen atoms in total. The molecule has 0 N–H and O–H groups in total. The van der Waals surface area contributed by atoms with E-state index in [-0.39, 0.29) is 16.7 Å². The Morgan fingerprint density at radius 2 is 1.52 bits per heavy atom. The molecule has 7 heteroatoms. The Labute approximate surface area is 168 Å². The zero-order valence-electron chi connectivity index (χ0n) is 16.3. The van der Waals surface area contributed by atoms with Gasteiger partial charge in [0, 0.05) is 0 Å². The van der Waals surface area contributed by atoms with Crippen LogP contribution in [0, 0.1) is 0 Å². The topological polar surface area (TPSA) is 90.0 Å². The molecule has 1 heterocycles. The van der Waals surface area contributed by atoms with Crippen LogP contribution in [0.4, 0.5) is 5.69 Å². The van der Waals surface area contributed by atoms with Crippen LogP contribution in [0.1, 0.15) is 67.6 Å². The maximum atomic E-state index is 12.8. The molecular weight excluding hydrogens is 374 g/mol. The Hall–Kier alpha value is -3.48. The number of methoxy groups -OCH3 is 1. The number of nitrogens with zero attached hydrogens (tertiary/aromatic N) is 1. The van der Waals surface area contributed by atoms with E-state index in [4.69, 9.17) is 4.74 Å². The number of fused-ring (bicyclic) bond motifs is 1. The molecule has 2 aromatic rings. The van der Waals surface area contributed by atoms with Crippen molar-refractivity contribution in [3.8, 4) is 0 Å². The number of carbonyl (C=O) groups is 4. The number of hydrogen-bond donors (Lipinski definition) is 0. The standard InChI is InChI=1S/C22H21NO6/c1-3-4-5-12-29-22(27)14-6-9-16(10-7-14)23-19(24)17-11-8-15(21(26)28-2)13-18(17)20(23)25/h6-11,13H,3-5,12H2,1-2H3. The van der Waals surface area contributed by atoms with Gasteiger partial charge in [-0.3, -0.25) is 9.59 Å². The minimum absolute atomic E-state index is 0.136. The number of ether oxygens (including phenoxy) is 2. The molecule has 0 aromatic heterocycles. The van der Waals surface area contributed by atoms with Crippen LogP contribution in [0.15, 0.2) is 42.5 Å². The molecule has 0 radical (unpaired) electrons. The van der Waals surface area contributed by atoms with Gasteiger partial charge in [0.15, 0.2) is 0 Å². The van der Waals surface area contributed by atoms with E-state index < -0.39 is 23.8 Å². The number of benzene rings is 2. The summed E-state index contributed by atoms with van der Waals surface area (Å²) in [6.45, 7) is 2.42. The summed E-state index contributed by atoms with van der Waals surface area (Å²) in [5, 5.41) is 0. The summed E-state index contributed by atoms with van der Waals surface area (Å²) in [4.78, 5) is 50.2. The van der Waals surface area contributed by atoms with Gasteiger partial charge in [-0.25, -0.2) is 14.5 Å². The van der Waals surface area contributed by atoms with Crippen molar-refractivity contribution in [3.63, 3.8) is 0 Å². The molecule has 0 bridgehead atoms. The van der Waals surface area contributed by atoms with Gasteiger partial charge < -0.3 is 9.47 Å². The predicted octanol–water partition coefficient (Wildman–Crippen LogP) is 3.62. The Balaban J connectivity index is 1.77. The summed E-state index contributed by atoms with van der Waals surface area (Å²) in [6, 6.07) is 10.3. The lowest BCUT2D eigenvalue weighted by molar-refractivity contribution is 0.0497. The molecule has 150 valence electrons. The van der Waals surface area contributed by atoms with Gasteiger partial charge in [-0.2, -0.15) is 0 Å². The van der Waals surface area contributed by atoms with Crippen LogP contribution in [0.25, 0.3) is 0 Å². The van der Waals surface area contributed by atoms with E-state index in [0.29, 0.717) is 17.9 Å². The molecule has 2 amide bonds. The number of anilines is 1. The second kappa shape index (κ2) is 8.68. The van der Waals surface area contributed by atoms with Crippen molar-refractivity contribution >= 4 is 29.4 Å². The van der Waals surface area contributed by atoms with Crippen molar-refractivity contribution in [2.75, 3.05) is 18.6 Å². The highest BCUT2D eigenvalue weighted by Gasteiger charge is 2.37. The molecule has 2 aromatic carbocycles. The first-order valence-corrected chi connectivity index (χ1v) is 9.36. The highest BCUT2D eigenvalue weighted by atomic mass is 16.5. The van der Waals surface area contributed by atoms with Gasteiger partial charge in [0.2, 0.25) is 0 Å². The number of imide groups is 1. The zero-order valence-corrected chi connectivity index (χ0v) is 16.3. The van der Waals surface area contributed by atoms with Crippen LogP contribution in [0.5, 0.6) is 0 Å². The minimum atomic E-state index is -0.590. The van der Waals surface area contributed by atoms with Gasteiger partial charge in [0.25, 0.3) is 11.8 Å². The monoisotopic (exact) mass is 395 g/mol. The predicted molar refractivity (Wildman–Crippen MR) is 105 cm³/mol. The normalized spacial score (nSPS) is 12.7. The van der Waals surface area contributed by atoms with E-state index in [1.54, 1.807) is 0 Å². The van der Waals surface area contributed by atoms with Gasteiger partial charge in [0.1, 0.15) is 0 Å². The highest BCUT2D eigenvalue weighted by molar-refractivity contribution is 6.34. The zero-order chi connectivity index (χ0) is 21.0. The van der Waals surface area contributed by atoms with Crippen molar-refractivity contribution in [2.45, 2.75) is 26.2 Å². The fourth-order valence-corrected chi connectivity index (χ4v) is 3.07. The highest BCUT2D eigenvalue weighted by Crippen LogP contribution is 2.29. The van der Waals surface area contributed by atoms with E-state index in [9.17, 15) is 19.2 Å². The fourth-order valence-electron chi connectivity index (χ4n) is 3.07. The minimum Gasteiger partial charge on any atom is -0.465 e. The lowest BCUT2D eigenvalue weighted by Crippen LogP contribution is -2.29. The summed E-state index contributed by atoms with van der Waals surface area (Å²) in [5.41, 5.74) is 1.21. The molecule has 0 fully saturated rings. The number of rotatable bonds is 7. The number of unbranched alkanes of at least 4 members (excludes halogenated alkanes) is 2. The van der Waals surface area contributed by atoms with Crippen molar-refractivity contribution in [3.05, 3.63) is 64.7 Å². The molecule has 0 saturated carbocycles. The Kier molecular flexibility index (Phi) is 6.07. The fraction of sp³-hybridized carbons (Fsp3) is 0.273. The molecular formula is C22H21NO6. The number of hydrogen-bond acceptors (Lipinski definition) is 6. The van der Waals surface area contributed by atoms with E-state index in [1.807, 2.05) is 0 Å². The first-order chi connectivity index (χ1) is 14.0. The quantitative estimate of drug-likeness (QED) is 0.404. The number of esters is 2. The van der Waals surface area contributed by atoms with Gasteiger partial charge in [-0.05, 0) is 48.9 Å². The first-order valence-electron chi connectivity index (χ1n) is 9.36. The SMILES string of the molecule is CCCCCOC(=O)c1ccc(N2C(=O)c3ccc(C(=O)OC)cc3C2=O)cc1. The van der Waals surface area contributed by atoms with Crippen LogP contribution in [0.3, 0.4) is 0 Å². The second-order valence-corrected chi connectivity index (χ2v) is 6.59. The summed E-state index contributed by atoms with van der Waals surface area (Å²) >= 11 is 0. The largest absolute Gasteiger partial charge is 0.465 e. The van der Waals surface area contributed by atoms with Crippen molar-refractivity contribution < 1.29 is 28.7 Å². The van der Waals surface area contributed by atoms with Crippen LogP contribution in [0.2, 0.25) is 0 Å². The molecule has 1 aliphatic rings. The van der Waals surface area contributed by atoms with Crippen LogP contribution >= 0.6 is 0 Å². The lowest BCUT2D eigenvalue weighted by atomic mass is 10.1. The van der Waals surface area contributed by atoms with Crippen LogP contribution in [-0.4, -0.2) is 37.5 Å². The molecule has 0 saturated heterocycles.